The summed E-state index contributed by atoms with van der Waals surface area (Å²) >= 11 is 0. The van der Waals surface area contributed by atoms with Gasteiger partial charge in [-0.25, -0.2) is 0 Å². The predicted molar refractivity (Wildman–Crippen MR) is 87.5 cm³/mol. The van der Waals surface area contributed by atoms with Crippen molar-refractivity contribution in [1.82, 2.24) is 0 Å². The van der Waals surface area contributed by atoms with E-state index < -0.39 is 5.97 Å². The van der Waals surface area contributed by atoms with Crippen LogP contribution in [0.2, 0.25) is 0 Å². The molecule has 0 aliphatic carbocycles. The van der Waals surface area contributed by atoms with Crippen LogP contribution >= 0.6 is 0 Å². The lowest BCUT2D eigenvalue weighted by Gasteiger charge is -2.07. The third kappa shape index (κ3) is 5.82. The smallest absolute Gasteiger partial charge is 0.303 e. The topological polar surface area (TPSA) is 86.6 Å². The summed E-state index contributed by atoms with van der Waals surface area (Å²) in [7, 11) is 0. The number of rotatable bonds is 7. The Morgan fingerprint density at radius 3 is 2.13 bits per heavy atom. The molecule has 0 atom stereocenters. The molecule has 5 heteroatoms. The molecule has 0 aliphatic rings. The van der Waals surface area contributed by atoms with Crippen molar-refractivity contribution in [2.24, 2.45) is 0 Å². The minimum absolute atomic E-state index is 0.130. The maximum absolute atomic E-state index is 12.0. The van der Waals surface area contributed by atoms with Crippen LogP contribution in [0.25, 0.3) is 0 Å². The molecule has 2 aromatic rings. The Labute approximate surface area is 134 Å². The first-order valence-corrected chi connectivity index (χ1v) is 7.41. The van der Waals surface area contributed by atoms with Crippen molar-refractivity contribution in [2.75, 3.05) is 5.32 Å². The number of hydrogen-bond acceptors (Lipinski definition) is 3. The fourth-order valence-electron chi connectivity index (χ4n) is 2.20. The molecule has 2 rings (SSSR count). The van der Waals surface area contributed by atoms with Crippen LogP contribution in [0, 0.1) is 0 Å². The fourth-order valence-corrected chi connectivity index (χ4v) is 2.20. The van der Waals surface area contributed by atoms with Crippen molar-refractivity contribution in [2.45, 2.75) is 25.7 Å². The summed E-state index contributed by atoms with van der Waals surface area (Å²) in [5.74, 6) is -0.745. The Balaban J connectivity index is 1.83. The number of phenols is 1. The predicted octanol–water partition coefficient (Wildman–Crippen LogP) is 2.98. The number of nitrogens with one attached hydrogen (secondary N) is 1. The largest absolute Gasteiger partial charge is 0.508 e. The van der Waals surface area contributed by atoms with Crippen LogP contribution in [0.3, 0.4) is 0 Å². The van der Waals surface area contributed by atoms with Crippen molar-refractivity contribution in [3.05, 3.63) is 59.7 Å². The molecule has 0 fully saturated rings. The number of carboxylic acids is 1. The van der Waals surface area contributed by atoms with Gasteiger partial charge in [0.05, 0.1) is 6.42 Å². The summed E-state index contributed by atoms with van der Waals surface area (Å²) in [6, 6.07) is 13.9. The van der Waals surface area contributed by atoms with Gasteiger partial charge in [-0.05, 0) is 48.2 Å². The highest BCUT2D eigenvalue weighted by atomic mass is 16.4. The van der Waals surface area contributed by atoms with Gasteiger partial charge < -0.3 is 15.5 Å². The Hall–Kier alpha value is -2.82. The number of aryl methyl sites for hydroxylation is 1. The summed E-state index contributed by atoms with van der Waals surface area (Å²) < 4.78 is 0. The fraction of sp³-hybridized carbons (Fsp3) is 0.222. The lowest BCUT2D eigenvalue weighted by Crippen LogP contribution is -2.14. The van der Waals surface area contributed by atoms with Gasteiger partial charge in [-0.3, -0.25) is 9.59 Å². The van der Waals surface area contributed by atoms with Gasteiger partial charge in [0.1, 0.15) is 5.75 Å². The number of hydrogen-bond donors (Lipinski definition) is 3. The van der Waals surface area contributed by atoms with Crippen LogP contribution < -0.4 is 5.32 Å². The summed E-state index contributed by atoms with van der Waals surface area (Å²) in [6.07, 6.45) is 1.70. The second-order valence-electron chi connectivity index (χ2n) is 5.34. The van der Waals surface area contributed by atoms with Gasteiger partial charge in [0.15, 0.2) is 0 Å². The van der Waals surface area contributed by atoms with Crippen molar-refractivity contribution < 1.29 is 19.8 Å². The number of phenolic OH excluding ortho intramolecular Hbond substituents is 1. The second kappa shape index (κ2) is 7.98. The number of aromatic hydroxyl groups is 1. The van der Waals surface area contributed by atoms with Crippen LogP contribution in [0.15, 0.2) is 48.5 Å². The lowest BCUT2D eigenvalue weighted by atomic mass is 10.1. The molecule has 0 aliphatic heterocycles. The maximum atomic E-state index is 12.0. The molecule has 0 aromatic heterocycles. The highest BCUT2D eigenvalue weighted by molar-refractivity contribution is 5.92. The van der Waals surface area contributed by atoms with Gasteiger partial charge >= 0.3 is 5.97 Å². The molecule has 5 nitrogen and oxygen atoms in total. The van der Waals surface area contributed by atoms with Gasteiger partial charge in [-0.2, -0.15) is 0 Å². The van der Waals surface area contributed by atoms with Gasteiger partial charge in [-0.15, -0.1) is 0 Å². The molecule has 3 N–H and O–H groups in total. The zero-order valence-corrected chi connectivity index (χ0v) is 12.7. The van der Waals surface area contributed by atoms with Gasteiger partial charge in [-0.1, -0.05) is 24.3 Å². The van der Waals surface area contributed by atoms with Gasteiger partial charge in [0.25, 0.3) is 0 Å². The Morgan fingerprint density at radius 1 is 0.913 bits per heavy atom. The van der Waals surface area contributed by atoms with Crippen LogP contribution in [0.4, 0.5) is 5.69 Å². The lowest BCUT2D eigenvalue weighted by molar-refractivity contribution is -0.137. The molecule has 0 unspecified atom stereocenters. The molecular formula is C18H19NO4. The van der Waals surface area contributed by atoms with E-state index in [1.165, 1.54) is 0 Å². The normalized spacial score (nSPS) is 10.3. The quantitative estimate of drug-likeness (QED) is 0.733. The van der Waals surface area contributed by atoms with Crippen molar-refractivity contribution in [3.8, 4) is 5.75 Å². The number of aliphatic carboxylic acids is 1. The molecule has 120 valence electrons. The highest BCUT2D eigenvalue weighted by Gasteiger charge is 2.05. The van der Waals surface area contributed by atoms with Gasteiger partial charge in [0.2, 0.25) is 5.91 Å². The first kappa shape index (κ1) is 16.5. The first-order chi connectivity index (χ1) is 11.0. The minimum atomic E-state index is -0.789. The molecule has 0 radical (unpaired) electrons. The van der Waals surface area contributed by atoms with Crippen LogP contribution in [0.1, 0.15) is 24.0 Å². The van der Waals surface area contributed by atoms with E-state index in [1.54, 1.807) is 24.3 Å². The van der Waals surface area contributed by atoms with Gasteiger partial charge in [0, 0.05) is 12.1 Å². The second-order valence-corrected chi connectivity index (χ2v) is 5.34. The standard InChI is InChI=1S/C18H19NO4/c20-16-10-6-14(7-11-16)12-17(21)19-15-8-4-13(5-9-15)2-1-3-18(22)23/h4-11,20H,1-3,12H2,(H,19,21)(H,22,23). The number of carboxylic acid groups (broad SMARTS) is 1. The van der Waals surface area contributed by atoms with Crippen LogP contribution in [-0.4, -0.2) is 22.1 Å². The van der Waals surface area contributed by atoms with Crippen molar-refractivity contribution in [3.63, 3.8) is 0 Å². The molecule has 0 saturated heterocycles. The molecule has 23 heavy (non-hydrogen) atoms. The average molecular weight is 313 g/mol. The Morgan fingerprint density at radius 2 is 1.52 bits per heavy atom. The molecule has 0 saturated carbocycles. The zero-order chi connectivity index (χ0) is 16.7. The number of carbonyl (C=O) groups excluding carboxylic acids is 1. The minimum Gasteiger partial charge on any atom is -0.508 e. The number of amides is 1. The molecular weight excluding hydrogens is 294 g/mol. The molecule has 0 bridgehead atoms. The van der Waals surface area contributed by atoms with Crippen LogP contribution in [0.5, 0.6) is 5.75 Å². The maximum Gasteiger partial charge on any atom is 0.303 e. The number of anilines is 1. The summed E-state index contributed by atoms with van der Waals surface area (Å²) in [6.45, 7) is 0. The SMILES string of the molecule is O=C(O)CCCc1ccc(NC(=O)Cc2ccc(O)cc2)cc1. The molecule has 0 spiro atoms. The van der Waals surface area contributed by atoms with E-state index in [0.717, 1.165) is 11.1 Å². The van der Waals surface area contributed by atoms with Crippen LogP contribution in [-0.2, 0) is 22.4 Å². The van der Waals surface area contributed by atoms with E-state index in [0.29, 0.717) is 18.5 Å². The number of benzene rings is 2. The number of carbonyl (C=O) groups is 2. The zero-order valence-electron chi connectivity index (χ0n) is 12.7. The third-order valence-electron chi connectivity index (χ3n) is 3.39. The van der Waals surface area contributed by atoms with E-state index in [9.17, 15) is 14.7 Å². The summed E-state index contributed by atoms with van der Waals surface area (Å²) in [4.78, 5) is 22.4. The summed E-state index contributed by atoms with van der Waals surface area (Å²) in [5, 5.41) is 20.6. The Bertz CT molecular complexity index is 662. The van der Waals surface area contributed by atoms with E-state index in [4.69, 9.17) is 5.11 Å². The highest BCUT2D eigenvalue weighted by Crippen LogP contribution is 2.14. The van der Waals surface area contributed by atoms with E-state index in [2.05, 4.69) is 5.32 Å². The molecule has 2 aromatic carbocycles. The average Bonchev–Trinajstić information content (AvgIpc) is 2.51. The van der Waals surface area contributed by atoms with Crippen molar-refractivity contribution >= 4 is 17.6 Å². The Kier molecular flexibility index (Phi) is 5.74. The first-order valence-electron chi connectivity index (χ1n) is 7.41. The third-order valence-corrected chi connectivity index (χ3v) is 3.39. The van der Waals surface area contributed by atoms with E-state index >= 15 is 0 Å². The molecule has 1 amide bonds. The summed E-state index contributed by atoms with van der Waals surface area (Å²) in [5.41, 5.74) is 2.57. The van der Waals surface area contributed by atoms with Crippen molar-refractivity contribution in [1.29, 1.82) is 0 Å². The monoisotopic (exact) mass is 313 g/mol. The molecule has 0 heterocycles. The van der Waals surface area contributed by atoms with E-state index in [-0.39, 0.29) is 24.5 Å². The van der Waals surface area contributed by atoms with E-state index in [1.807, 2.05) is 24.3 Å².